The van der Waals surface area contributed by atoms with Gasteiger partial charge in [-0.1, -0.05) is 0 Å². The molecule has 3 aromatic rings. The number of nitrogens with one attached hydrogen (secondary N) is 1. The van der Waals surface area contributed by atoms with E-state index < -0.39 is 0 Å². The zero-order valence-electron chi connectivity index (χ0n) is 17.7. The van der Waals surface area contributed by atoms with Gasteiger partial charge in [0.05, 0.1) is 19.4 Å². The smallest absolute Gasteiger partial charge is 0.227 e. The molecule has 2 aliphatic heterocycles. The van der Waals surface area contributed by atoms with E-state index in [-0.39, 0.29) is 11.8 Å². The number of piperazine rings is 1. The molecule has 4 heterocycles. The number of rotatable bonds is 4. The number of carbonyl (C=O) groups excluding carboxylic acids is 1. The molecule has 0 saturated carbocycles. The molecule has 0 bridgehead atoms. The Morgan fingerprint density at radius 1 is 1.03 bits per heavy atom. The quantitative estimate of drug-likeness (QED) is 0.688. The Morgan fingerprint density at radius 3 is 2.61 bits per heavy atom. The van der Waals surface area contributed by atoms with E-state index in [1.807, 2.05) is 17.0 Å². The average Bonchev–Trinajstić information content (AvgIpc) is 3.33. The second kappa shape index (κ2) is 8.41. The molecule has 9 heteroatoms. The summed E-state index contributed by atoms with van der Waals surface area (Å²) in [5.74, 6) is 1.95. The number of aromatic amines is 1. The van der Waals surface area contributed by atoms with Crippen LogP contribution in [0.15, 0.2) is 36.9 Å². The van der Waals surface area contributed by atoms with Crippen LogP contribution in [0.2, 0.25) is 0 Å². The van der Waals surface area contributed by atoms with Gasteiger partial charge in [0, 0.05) is 45.0 Å². The minimum Gasteiger partial charge on any atom is -0.497 e. The minimum atomic E-state index is -0.00535. The molecule has 2 aromatic heterocycles. The van der Waals surface area contributed by atoms with Crippen LogP contribution in [-0.4, -0.2) is 77.1 Å². The first-order valence-electron chi connectivity index (χ1n) is 10.8. The number of benzene rings is 1. The molecule has 1 aromatic carbocycles. The molecule has 0 unspecified atom stereocenters. The van der Waals surface area contributed by atoms with Crippen LogP contribution in [0, 0.1) is 5.92 Å². The highest BCUT2D eigenvalue weighted by Gasteiger charge is 2.32. The number of nitrogens with zero attached hydrogens (tertiary/aromatic N) is 6. The van der Waals surface area contributed by atoms with Gasteiger partial charge in [0.25, 0.3) is 0 Å². The monoisotopic (exact) mass is 421 g/mol. The van der Waals surface area contributed by atoms with Gasteiger partial charge in [-0.25, -0.2) is 15.0 Å². The lowest BCUT2D eigenvalue weighted by molar-refractivity contribution is -0.136. The lowest BCUT2D eigenvalue weighted by Gasteiger charge is -2.40. The van der Waals surface area contributed by atoms with Crippen molar-refractivity contribution in [3.63, 3.8) is 0 Å². The van der Waals surface area contributed by atoms with Crippen molar-refractivity contribution < 1.29 is 9.53 Å². The third-order valence-corrected chi connectivity index (χ3v) is 6.30. The van der Waals surface area contributed by atoms with Gasteiger partial charge in [0.15, 0.2) is 11.5 Å². The van der Waals surface area contributed by atoms with Crippen LogP contribution >= 0.6 is 0 Å². The van der Waals surface area contributed by atoms with E-state index in [1.54, 1.807) is 19.8 Å². The summed E-state index contributed by atoms with van der Waals surface area (Å²) in [6.07, 6.45) is 5.08. The number of imidazole rings is 1. The molecular formula is C22H27N7O2. The van der Waals surface area contributed by atoms with Crippen molar-refractivity contribution in [2.45, 2.75) is 12.8 Å². The Morgan fingerprint density at radius 2 is 1.84 bits per heavy atom. The van der Waals surface area contributed by atoms with Gasteiger partial charge < -0.3 is 24.4 Å². The fourth-order valence-corrected chi connectivity index (χ4v) is 4.60. The summed E-state index contributed by atoms with van der Waals surface area (Å²) in [5.41, 5.74) is 2.67. The van der Waals surface area contributed by atoms with E-state index in [0.717, 1.165) is 62.6 Å². The molecule has 0 aliphatic carbocycles. The number of hydrogen-bond acceptors (Lipinski definition) is 7. The highest BCUT2D eigenvalue weighted by atomic mass is 16.5. The van der Waals surface area contributed by atoms with Crippen molar-refractivity contribution in [1.29, 1.82) is 0 Å². The predicted octanol–water partition coefficient (Wildman–Crippen LogP) is 1.93. The number of methoxy groups -OCH3 is 1. The normalized spacial score (nSPS) is 19.6. The third-order valence-electron chi connectivity index (χ3n) is 6.30. The lowest BCUT2D eigenvalue weighted by atomic mass is 9.96. The van der Waals surface area contributed by atoms with Gasteiger partial charge in [-0.3, -0.25) is 4.79 Å². The highest BCUT2D eigenvalue weighted by molar-refractivity contribution is 5.84. The van der Waals surface area contributed by atoms with Crippen LogP contribution in [0.4, 0.5) is 11.5 Å². The van der Waals surface area contributed by atoms with Crippen molar-refractivity contribution in [3.8, 4) is 5.75 Å². The number of aromatic nitrogens is 4. The molecule has 31 heavy (non-hydrogen) atoms. The molecule has 9 nitrogen and oxygen atoms in total. The number of ether oxygens (including phenoxy) is 1. The molecule has 2 fully saturated rings. The predicted molar refractivity (Wildman–Crippen MR) is 118 cm³/mol. The van der Waals surface area contributed by atoms with Crippen LogP contribution in [0.1, 0.15) is 12.8 Å². The summed E-state index contributed by atoms with van der Waals surface area (Å²) in [5, 5.41) is 0. The van der Waals surface area contributed by atoms with E-state index in [0.29, 0.717) is 12.2 Å². The van der Waals surface area contributed by atoms with Gasteiger partial charge in [-0.2, -0.15) is 0 Å². The van der Waals surface area contributed by atoms with E-state index >= 15 is 0 Å². The number of carbonyl (C=O) groups is 1. The highest BCUT2D eigenvalue weighted by Crippen LogP contribution is 2.27. The van der Waals surface area contributed by atoms with E-state index in [1.165, 1.54) is 5.69 Å². The van der Waals surface area contributed by atoms with Crippen molar-refractivity contribution >= 4 is 28.6 Å². The Balaban J connectivity index is 1.22. The summed E-state index contributed by atoms with van der Waals surface area (Å²) in [4.78, 5) is 35.9. The van der Waals surface area contributed by atoms with Crippen LogP contribution in [0.3, 0.4) is 0 Å². The Hall–Kier alpha value is -3.36. The first-order valence-corrected chi connectivity index (χ1v) is 10.8. The average molecular weight is 422 g/mol. The molecule has 2 saturated heterocycles. The molecule has 2 aliphatic rings. The first-order chi connectivity index (χ1) is 15.2. The van der Waals surface area contributed by atoms with Crippen molar-refractivity contribution in [3.05, 3.63) is 36.9 Å². The zero-order chi connectivity index (χ0) is 21.2. The van der Waals surface area contributed by atoms with Gasteiger partial charge in [-0.15, -0.1) is 0 Å². The summed E-state index contributed by atoms with van der Waals surface area (Å²) in [6.45, 7) is 4.76. The molecule has 1 atom stereocenters. The molecule has 1 N–H and O–H groups in total. The maximum Gasteiger partial charge on any atom is 0.227 e. The molecule has 0 radical (unpaired) electrons. The SMILES string of the molecule is COc1ccc(N2CCN(C(=O)[C@H]3CCCN(c4ncnc5nc[nH]c45)C3)CC2)cc1. The second-order valence-electron chi connectivity index (χ2n) is 8.09. The number of hydrogen-bond donors (Lipinski definition) is 1. The maximum absolute atomic E-state index is 13.3. The van der Waals surface area contributed by atoms with Crippen molar-refractivity contribution in [2.24, 2.45) is 5.92 Å². The summed E-state index contributed by atoms with van der Waals surface area (Å²) in [6, 6.07) is 8.11. The minimum absolute atomic E-state index is 0.00535. The number of anilines is 2. The molecule has 5 rings (SSSR count). The number of piperidine rings is 1. The summed E-state index contributed by atoms with van der Waals surface area (Å²) in [7, 11) is 1.67. The van der Waals surface area contributed by atoms with Crippen LogP contribution in [0.25, 0.3) is 11.2 Å². The third kappa shape index (κ3) is 3.87. The summed E-state index contributed by atoms with van der Waals surface area (Å²) < 4.78 is 5.24. The maximum atomic E-state index is 13.3. The molecule has 0 spiro atoms. The van der Waals surface area contributed by atoms with E-state index in [9.17, 15) is 4.79 Å². The van der Waals surface area contributed by atoms with Crippen LogP contribution in [-0.2, 0) is 4.79 Å². The standard InChI is InChI=1S/C22H27N7O2/c1-31-18-6-4-17(5-7-18)27-9-11-28(12-10-27)22(30)16-3-2-8-29(13-16)21-19-20(24-14-23-19)25-15-26-21/h4-7,14-16H,2-3,8-13H2,1H3,(H,23,24,25,26)/t16-/m0/s1. The van der Waals surface area contributed by atoms with Gasteiger partial charge in [0.2, 0.25) is 5.91 Å². The van der Waals surface area contributed by atoms with Gasteiger partial charge >= 0.3 is 0 Å². The van der Waals surface area contributed by atoms with Gasteiger partial charge in [-0.05, 0) is 37.1 Å². The Kier molecular flexibility index (Phi) is 5.31. The lowest BCUT2D eigenvalue weighted by Crippen LogP contribution is -2.52. The number of H-pyrrole nitrogens is 1. The molecule has 162 valence electrons. The fourth-order valence-electron chi connectivity index (χ4n) is 4.60. The number of amides is 1. The van der Waals surface area contributed by atoms with E-state index in [2.05, 4.69) is 41.9 Å². The van der Waals surface area contributed by atoms with E-state index in [4.69, 9.17) is 4.74 Å². The van der Waals surface area contributed by atoms with Crippen LogP contribution in [0.5, 0.6) is 5.75 Å². The first kappa shape index (κ1) is 19.6. The molecular weight excluding hydrogens is 394 g/mol. The molecule has 1 amide bonds. The number of fused-ring (bicyclic) bond motifs is 1. The van der Waals surface area contributed by atoms with Crippen molar-refractivity contribution in [2.75, 3.05) is 56.2 Å². The van der Waals surface area contributed by atoms with Crippen LogP contribution < -0.4 is 14.5 Å². The second-order valence-corrected chi connectivity index (χ2v) is 8.09. The topological polar surface area (TPSA) is 90.5 Å². The Labute approximate surface area is 181 Å². The largest absolute Gasteiger partial charge is 0.497 e. The van der Waals surface area contributed by atoms with Gasteiger partial charge in [0.1, 0.15) is 17.6 Å². The summed E-state index contributed by atoms with van der Waals surface area (Å²) >= 11 is 0. The fraction of sp³-hybridized carbons (Fsp3) is 0.455. The van der Waals surface area contributed by atoms with Crippen molar-refractivity contribution in [1.82, 2.24) is 24.8 Å². The zero-order valence-corrected chi connectivity index (χ0v) is 17.7. The Bertz CT molecular complexity index is 1040.